The van der Waals surface area contributed by atoms with Crippen LogP contribution in [-0.4, -0.2) is 51.8 Å². The maximum absolute atomic E-state index is 11.9. The SMILES string of the molecule is CC(C)(C)OC(=O)N[C@@H](CO)C(=O)N/N=C/c1cc(O)ccc1O. The van der Waals surface area contributed by atoms with Crippen molar-refractivity contribution in [3.8, 4) is 11.5 Å². The molecule has 1 rings (SSSR count). The van der Waals surface area contributed by atoms with Crippen LogP contribution in [0.15, 0.2) is 23.3 Å². The molecule has 0 saturated heterocycles. The number of benzene rings is 1. The van der Waals surface area contributed by atoms with E-state index in [-0.39, 0.29) is 17.1 Å². The van der Waals surface area contributed by atoms with E-state index in [0.717, 1.165) is 6.21 Å². The number of carbonyl (C=O) groups excluding carboxylic acids is 2. The number of ether oxygens (including phenoxy) is 1. The molecule has 9 nitrogen and oxygen atoms in total. The van der Waals surface area contributed by atoms with Gasteiger partial charge in [-0.3, -0.25) is 4.79 Å². The Labute approximate surface area is 139 Å². The quantitative estimate of drug-likeness (QED) is 0.299. The van der Waals surface area contributed by atoms with E-state index in [4.69, 9.17) is 4.74 Å². The highest BCUT2D eigenvalue weighted by molar-refractivity contribution is 5.88. The molecule has 1 aromatic carbocycles. The summed E-state index contributed by atoms with van der Waals surface area (Å²) in [7, 11) is 0. The van der Waals surface area contributed by atoms with Crippen LogP contribution in [0.2, 0.25) is 0 Å². The molecule has 9 heteroatoms. The van der Waals surface area contributed by atoms with Gasteiger partial charge >= 0.3 is 6.09 Å². The molecule has 0 aliphatic heterocycles. The van der Waals surface area contributed by atoms with Gasteiger partial charge in [0.25, 0.3) is 5.91 Å². The van der Waals surface area contributed by atoms with Gasteiger partial charge in [-0.05, 0) is 39.0 Å². The Balaban J connectivity index is 2.62. The number of aromatic hydroxyl groups is 2. The summed E-state index contributed by atoms with van der Waals surface area (Å²) in [5.41, 5.74) is 1.54. The number of carbonyl (C=O) groups is 2. The summed E-state index contributed by atoms with van der Waals surface area (Å²) in [4.78, 5) is 23.4. The molecule has 0 aromatic heterocycles. The van der Waals surface area contributed by atoms with Gasteiger partial charge in [0.2, 0.25) is 0 Å². The Morgan fingerprint density at radius 2 is 2.00 bits per heavy atom. The van der Waals surface area contributed by atoms with Crippen LogP contribution in [0.5, 0.6) is 11.5 Å². The summed E-state index contributed by atoms with van der Waals surface area (Å²) in [5.74, 6) is -1.00. The zero-order valence-corrected chi connectivity index (χ0v) is 13.6. The van der Waals surface area contributed by atoms with Gasteiger partial charge in [0, 0.05) is 5.56 Å². The van der Waals surface area contributed by atoms with Gasteiger partial charge in [0.05, 0.1) is 12.8 Å². The summed E-state index contributed by atoms with van der Waals surface area (Å²) in [6.07, 6.45) is 0.251. The second kappa shape index (κ2) is 8.16. The molecule has 0 saturated carbocycles. The minimum atomic E-state index is -1.25. The summed E-state index contributed by atoms with van der Waals surface area (Å²) in [5, 5.41) is 33.8. The molecule has 0 spiro atoms. The average molecular weight is 339 g/mol. The van der Waals surface area contributed by atoms with Gasteiger partial charge in [-0.15, -0.1) is 0 Å². The number of phenolic OH excluding ortho intramolecular Hbond substituents is 2. The maximum atomic E-state index is 11.9. The second-order valence-electron chi connectivity index (χ2n) is 5.86. The molecule has 0 unspecified atom stereocenters. The van der Waals surface area contributed by atoms with E-state index in [2.05, 4.69) is 15.8 Å². The lowest BCUT2D eigenvalue weighted by Gasteiger charge is -2.21. The number of rotatable bonds is 5. The average Bonchev–Trinajstić information content (AvgIpc) is 2.46. The Hall–Kier alpha value is -2.81. The van der Waals surface area contributed by atoms with E-state index in [1.54, 1.807) is 20.8 Å². The van der Waals surface area contributed by atoms with Crippen LogP contribution in [0.25, 0.3) is 0 Å². The van der Waals surface area contributed by atoms with Crippen LogP contribution in [0.3, 0.4) is 0 Å². The van der Waals surface area contributed by atoms with Crippen molar-refractivity contribution in [2.75, 3.05) is 6.61 Å². The van der Waals surface area contributed by atoms with E-state index >= 15 is 0 Å². The summed E-state index contributed by atoms with van der Waals surface area (Å²) < 4.78 is 4.98. The number of hydrogen-bond acceptors (Lipinski definition) is 7. The number of nitrogens with zero attached hydrogens (tertiary/aromatic N) is 1. The van der Waals surface area contributed by atoms with E-state index in [1.807, 2.05) is 0 Å². The van der Waals surface area contributed by atoms with Gasteiger partial charge in [0.15, 0.2) is 0 Å². The minimum absolute atomic E-state index is 0.0830. The summed E-state index contributed by atoms with van der Waals surface area (Å²) >= 11 is 0. The number of nitrogens with one attached hydrogen (secondary N) is 2. The molecular formula is C15H21N3O6. The maximum Gasteiger partial charge on any atom is 0.408 e. The normalized spacial score (nSPS) is 12.7. The van der Waals surface area contributed by atoms with Gasteiger partial charge in [-0.1, -0.05) is 0 Å². The molecule has 132 valence electrons. The second-order valence-corrected chi connectivity index (χ2v) is 5.86. The largest absolute Gasteiger partial charge is 0.508 e. The van der Waals surface area contributed by atoms with Gasteiger partial charge in [-0.2, -0.15) is 5.10 Å². The number of aliphatic hydroxyl groups excluding tert-OH is 1. The lowest BCUT2D eigenvalue weighted by Crippen LogP contribution is -2.49. The van der Waals surface area contributed by atoms with E-state index in [0.29, 0.717) is 0 Å². The molecule has 2 amide bonds. The van der Waals surface area contributed by atoms with E-state index in [1.165, 1.54) is 18.2 Å². The van der Waals surface area contributed by atoms with Crippen LogP contribution in [0.4, 0.5) is 4.79 Å². The van der Waals surface area contributed by atoms with Crippen molar-refractivity contribution >= 4 is 18.2 Å². The number of amides is 2. The van der Waals surface area contributed by atoms with Crippen molar-refractivity contribution in [2.24, 2.45) is 5.10 Å². The predicted molar refractivity (Wildman–Crippen MR) is 85.8 cm³/mol. The third-order valence-corrected chi connectivity index (χ3v) is 2.58. The molecule has 1 atom stereocenters. The fraction of sp³-hybridized carbons (Fsp3) is 0.400. The first-order chi connectivity index (χ1) is 11.1. The molecule has 0 heterocycles. The highest BCUT2D eigenvalue weighted by Crippen LogP contribution is 2.19. The third-order valence-electron chi connectivity index (χ3n) is 2.58. The van der Waals surface area contributed by atoms with Crippen molar-refractivity contribution < 1.29 is 29.6 Å². The molecule has 1 aromatic rings. The minimum Gasteiger partial charge on any atom is -0.508 e. The molecule has 24 heavy (non-hydrogen) atoms. The summed E-state index contributed by atoms with van der Waals surface area (Å²) in [6, 6.07) is 2.54. The van der Waals surface area contributed by atoms with Crippen molar-refractivity contribution in [3.63, 3.8) is 0 Å². The number of aliphatic hydroxyl groups is 1. The first-order valence-corrected chi connectivity index (χ1v) is 7.07. The molecule has 0 aliphatic rings. The third kappa shape index (κ3) is 6.53. The Kier molecular flexibility index (Phi) is 6.54. The Morgan fingerprint density at radius 1 is 1.33 bits per heavy atom. The lowest BCUT2D eigenvalue weighted by atomic mass is 10.2. The highest BCUT2D eigenvalue weighted by Gasteiger charge is 2.23. The van der Waals surface area contributed by atoms with Crippen LogP contribution in [-0.2, 0) is 9.53 Å². The highest BCUT2D eigenvalue weighted by atomic mass is 16.6. The molecule has 0 aliphatic carbocycles. The number of phenols is 2. The van der Waals surface area contributed by atoms with Crippen LogP contribution < -0.4 is 10.7 Å². The first kappa shape index (κ1) is 19.2. The number of hydrogen-bond donors (Lipinski definition) is 5. The predicted octanol–water partition coefficient (Wildman–Crippen LogP) is 0.434. The first-order valence-electron chi connectivity index (χ1n) is 7.07. The molecule has 0 bridgehead atoms. The van der Waals surface area contributed by atoms with Crippen molar-refractivity contribution in [1.82, 2.24) is 10.7 Å². The van der Waals surface area contributed by atoms with E-state index in [9.17, 15) is 24.9 Å². The smallest absolute Gasteiger partial charge is 0.408 e. The van der Waals surface area contributed by atoms with Crippen LogP contribution in [0.1, 0.15) is 26.3 Å². The standard InChI is InChI=1S/C15H21N3O6/c1-15(2,3)24-14(23)17-11(8-19)13(22)18-16-7-9-6-10(20)4-5-12(9)21/h4-7,11,19-21H,8H2,1-3H3,(H,17,23)(H,18,22)/b16-7+/t11-/m0/s1. The number of hydrazone groups is 1. The van der Waals surface area contributed by atoms with Crippen molar-refractivity contribution in [1.29, 1.82) is 0 Å². The van der Waals surface area contributed by atoms with Crippen LogP contribution in [0, 0.1) is 0 Å². The van der Waals surface area contributed by atoms with E-state index < -0.39 is 30.3 Å². The Bertz CT molecular complexity index is 624. The van der Waals surface area contributed by atoms with Crippen LogP contribution >= 0.6 is 0 Å². The number of alkyl carbamates (subject to hydrolysis) is 1. The Morgan fingerprint density at radius 3 is 2.58 bits per heavy atom. The zero-order valence-electron chi connectivity index (χ0n) is 13.6. The van der Waals surface area contributed by atoms with Gasteiger partial charge in [-0.25, -0.2) is 10.2 Å². The molecular weight excluding hydrogens is 318 g/mol. The van der Waals surface area contributed by atoms with Crippen molar-refractivity contribution in [3.05, 3.63) is 23.8 Å². The monoisotopic (exact) mass is 339 g/mol. The van der Waals surface area contributed by atoms with Gasteiger partial charge < -0.3 is 25.4 Å². The molecule has 0 fully saturated rings. The fourth-order valence-corrected chi connectivity index (χ4v) is 1.53. The lowest BCUT2D eigenvalue weighted by molar-refractivity contribution is -0.124. The topological polar surface area (TPSA) is 140 Å². The fourth-order valence-electron chi connectivity index (χ4n) is 1.53. The summed E-state index contributed by atoms with van der Waals surface area (Å²) in [6.45, 7) is 4.32. The van der Waals surface area contributed by atoms with Crippen molar-refractivity contribution in [2.45, 2.75) is 32.4 Å². The van der Waals surface area contributed by atoms with Gasteiger partial charge in [0.1, 0.15) is 23.1 Å². The molecule has 0 radical (unpaired) electrons. The zero-order chi connectivity index (χ0) is 18.3. The molecule has 5 N–H and O–H groups in total.